The van der Waals surface area contributed by atoms with Gasteiger partial charge in [0.1, 0.15) is 5.02 Å². The second-order valence-corrected chi connectivity index (χ2v) is 5.02. The van der Waals surface area contributed by atoms with E-state index in [1.165, 1.54) is 6.07 Å². The first-order chi connectivity index (χ1) is 8.79. The minimum Gasteiger partial charge on any atom is -0.336 e. The summed E-state index contributed by atoms with van der Waals surface area (Å²) < 4.78 is 0. The first kappa shape index (κ1) is 15.7. The molecule has 0 radical (unpaired) electrons. The molecule has 0 aliphatic heterocycles. The number of hydrogen-bond acceptors (Lipinski definition) is 3. The van der Waals surface area contributed by atoms with Crippen molar-refractivity contribution in [2.75, 3.05) is 6.54 Å². The molecule has 104 valence electrons. The van der Waals surface area contributed by atoms with Crippen LogP contribution >= 0.6 is 23.2 Å². The molecule has 0 N–H and O–H groups in total. The molecule has 5 nitrogen and oxygen atoms in total. The van der Waals surface area contributed by atoms with Gasteiger partial charge in [-0.3, -0.25) is 14.9 Å². The summed E-state index contributed by atoms with van der Waals surface area (Å²) in [5, 5.41) is 10.7. The summed E-state index contributed by atoms with van der Waals surface area (Å²) in [6.45, 7) is 6.08. The molecule has 19 heavy (non-hydrogen) atoms. The zero-order chi connectivity index (χ0) is 14.7. The van der Waals surface area contributed by atoms with E-state index in [1.807, 2.05) is 20.8 Å². The molecule has 0 bridgehead atoms. The Morgan fingerprint density at radius 3 is 2.42 bits per heavy atom. The second kappa shape index (κ2) is 6.21. The van der Waals surface area contributed by atoms with E-state index in [0.717, 1.165) is 6.07 Å². The van der Waals surface area contributed by atoms with E-state index in [2.05, 4.69) is 0 Å². The van der Waals surface area contributed by atoms with Gasteiger partial charge in [-0.25, -0.2) is 0 Å². The molecule has 0 aromatic heterocycles. The van der Waals surface area contributed by atoms with Gasteiger partial charge in [0, 0.05) is 24.2 Å². The van der Waals surface area contributed by atoms with Crippen molar-refractivity contribution < 1.29 is 9.72 Å². The highest BCUT2D eigenvalue weighted by molar-refractivity contribution is 6.43. The number of amides is 1. The van der Waals surface area contributed by atoms with Crippen LogP contribution in [-0.4, -0.2) is 28.3 Å². The topological polar surface area (TPSA) is 63.5 Å². The predicted molar refractivity (Wildman–Crippen MR) is 75.0 cm³/mol. The number of carbonyl (C=O) groups is 1. The molecule has 0 unspecified atom stereocenters. The Labute approximate surface area is 121 Å². The van der Waals surface area contributed by atoms with Crippen molar-refractivity contribution in [2.45, 2.75) is 26.8 Å². The Morgan fingerprint density at radius 1 is 1.42 bits per heavy atom. The average molecular weight is 305 g/mol. The van der Waals surface area contributed by atoms with Crippen molar-refractivity contribution in [3.63, 3.8) is 0 Å². The predicted octanol–water partition coefficient (Wildman–Crippen LogP) is 3.77. The summed E-state index contributed by atoms with van der Waals surface area (Å²) in [6.07, 6.45) is 0. The van der Waals surface area contributed by atoms with Crippen LogP contribution in [0.15, 0.2) is 12.1 Å². The van der Waals surface area contributed by atoms with Crippen LogP contribution in [0.25, 0.3) is 0 Å². The largest absolute Gasteiger partial charge is 0.336 e. The van der Waals surface area contributed by atoms with Crippen LogP contribution in [0.2, 0.25) is 10.0 Å². The van der Waals surface area contributed by atoms with Gasteiger partial charge in [-0.2, -0.15) is 0 Å². The van der Waals surface area contributed by atoms with Crippen molar-refractivity contribution in [3.05, 3.63) is 37.9 Å². The number of hydrogen-bond donors (Lipinski definition) is 0. The van der Waals surface area contributed by atoms with E-state index in [0.29, 0.717) is 6.54 Å². The normalized spacial score (nSPS) is 10.6. The SMILES string of the molecule is CCN(C(=O)c1cc(Cl)c(Cl)c([N+](=O)[O-])c1)C(C)C. The molecule has 0 saturated carbocycles. The van der Waals surface area contributed by atoms with E-state index >= 15 is 0 Å². The Bertz CT molecular complexity index is 518. The summed E-state index contributed by atoms with van der Waals surface area (Å²) >= 11 is 11.6. The van der Waals surface area contributed by atoms with Gasteiger partial charge in [0.15, 0.2) is 0 Å². The first-order valence-corrected chi connectivity index (χ1v) is 6.49. The highest BCUT2D eigenvalue weighted by Crippen LogP contribution is 2.33. The molecule has 1 aromatic rings. The third-order valence-electron chi connectivity index (χ3n) is 2.68. The molecule has 1 amide bonds. The summed E-state index contributed by atoms with van der Waals surface area (Å²) in [5.74, 6) is -0.306. The lowest BCUT2D eigenvalue weighted by atomic mass is 10.1. The summed E-state index contributed by atoms with van der Waals surface area (Å²) in [5.41, 5.74) is -0.200. The van der Waals surface area contributed by atoms with Crippen LogP contribution in [0, 0.1) is 10.1 Å². The standard InChI is InChI=1S/C12H14Cl2N2O3/c1-4-15(7(2)3)12(17)8-5-9(13)11(14)10(6-8)16(18)19/h5-7H,4H2,1-3H3. The molecular weight excluding hydrogens is 291 g/mol. The average Bonchev–Trinajstić information content (AvgIpc) is 2.32. The van der Waals surface area contributed by atoms with Crippen LogP contribution in [0.4, 0.5) is 5.69 Å². The Balaban J connectivity index is 3.28. The molecule has 0 aliphatic rings. The van der Waals surface area contributed by atoms with Gasteiger partial charge >= 0.3 is 0 Å². The minimum absolute atomic E-state index is 0.000902. The second-order valence-electron chi connectivity index (χ2n) is 4.23. The zero-order valence-corrected chi connectivity index (χ0v) is 12.3. The number of nitro groups is 1. The number of nitro benzene ring substituents is 1. The van der Waals surface area contributed by atoms with E-state index in [9.17, 15) is 14.9 Å². The smallest absolute Gasteiger partial charge is 0.290 e. The molecule has 0 fully saturated rings. The van der Waals surface area contributed by atoms with Gasteiger partial charge in [0.25, 0.3) is 11.6 Å². The maximum Gasteiger partial charge on any atom is 0.290 e. The zero-order valence-electron chi connectivity index (χ0n) is 10.8. The molecule has 0 atom stereocenters. The Kier molecular flexibility index (Phi) is 5.14. The molecule has 0 heterocycles. The Morgan fingerprint density at radius 2 is 2.00 bits per heavy atom. The number of nitrogens with zero attached hydrogens (tertiary/aromatic N) is 2. The van der Waals surface area contributed by atoms with Crippen molar-refractivity contribution in [2.24, 2.45) is 0 Å². The third kappa shape index (κ3) is 3.36. The summed E-state index contributed by atoms with van der Waals surface area (Å²) in [7, 11) is 0. The van der Waals surface area contributed by atoms with E-state index in [1.54, 1.807) is 4.90 Å². The van der Waals surface area contributed by atoms with Gasteiger partial charge in [-0.05, 0) is 26.8 Å². The molecule has 0 aliphatic carbocycles. The van der Waals surface area contributed by atoms with Gasteiger partial charge in [0.2, 0.25) is 0 Å². The molecule has 0 saturated heterocycles. The van der Waals surface area contributed by atoms with Gasteiger partial charge < -0.3 is 4.90 Å². The van der Waals surface area contributed by atoms with Crippen LogP contribution in [0.5, 0.6) is 0 Å². The monoisotopic (exact) mass is 304 g/mol. The highest BCUT2D eigenvalue weighted by Gasteiger charge is 2.23. The number of benzene rings is 1. The maximum absolute atomic E-state index is 12.3. The van der Waals surface area contributed by atoms with Crippen LogP contribution < -0.4 is 0 Å². The minimum atomic E-state index is -0.656. The highest BCUT2D eigenvalue weighted by atomic mass is 35.5. The number of halogens is 2. The lowest BCUT2D eigenvalue weighted by Crippen LogP contribution is -2.36. The third-order valence-corrected chi connectivity index (χ3v) is 3.47. The number of carbonyl (C=O) groups excluding carboxylic acids is 1. The van der Waals surface area contributed by atoms with Gasteiger partial charge in [-0.1, -0.05) is 23.2 Å². The van der Waals surface area contributed by atoms with Crippen molar-refractivity contribution in [1.29, 1.82) is 0 Å². The van der Waals surface area contributed by atoms with Crippen LogP contribution in [0.3, 0.4) is 0 Å². The van der Waals surface area contributed by atoms with Gasteiger partial charge in [-0.15, -0.1) is 0 Å². The van der Waals surface area contributed by atoms with Crippen LogP contribution in [-0.2, 0) is 0 Å². The summed E-state index contributed by atoms with van der Waals surface area (Å²) in [6, 6.07) is 2.50. The maximum atomic E-state index is 12.3. The summed E-state index contributed by atoms with van der Waals surface area (Å²) in [4.78, 5) is 24.0. The fraction of sp³-hybridized carbons (Fsp3) is 0.417. The molecule has 0 spiro atoms. The fourth-order valence-corrected chi connectivity index (χ4v) is 2.13. The van der Waals surface area contributed by atoms with Crippen molar-refractivity contribution in [1.82, 2.24) is 4.90 Å². The van der Waals surface area contributed by atoms with Gasteiger partial charge in [0.05, 0.1) is 9.95 Å². The Hall–Kier alpha value is -1.33. The molecule has 1 aromatic carbocycles. The van der Waals surface area contributed by atoms with E-state index < -0.39 is 4.92 Å². The first-order valence-electron chi connectivity index (χ1n) is 5.74. The lowest BCUT2D eigenvalue weighted by molar-refractivity contribution is -0.384. The van der Waals surface area contributed by atoms with E-state index in [-0.39, 0.29) is 33.2 Å². The van der Waals surface area contributed by atoms with Crippen LogP contribution in [0.1, 0.15) is 31.1 Å². The fourth-order valence-electron chi connectivity index (χ4n) is 1.74. The van der Waals surface area contributed by atoms with Crippen molar-refractivity contribution >= 4 is 34.8 Å². The molecule has 1 rings (SSSR count). The quantitative estimate of drug-likeness (QED) is 0.628. The van der Waals surface area contributed by atoms with E-state index in [4.69, 9.17) is 23.2 Å². The lowest BCUT2D eigenvalue weighted by Gasteiger charge is -2.25. The van der Waals surface area contributed by atoms with Crippen molar-refractivity contribution in [3.8, 4) is 0 Å². The molecular formula is C12H14Cl2N2O3. The molecule has 7 heteroatoms. The number of rotatable bonds is 4.